The van der Waals surface area contributed by atoms with Crippen LogP contribution in [0.1, 0.15) is 38.5 Å². The van der Waals surface area contributed by atoms with Gasteiger partial charge in [-0.1, -0.05) is 6.58 Å². The second kappa shape index (κ2) is 7.17. The van der Waals surface area contributed by atoms with E-state index in [1.165, 1.54) is 6.08 Å². The molecule has 1 atom stereocenters. The molecule has 16 heavy (non-hydrogen) atoms. The van der Waals surface area contributed by atoms with Crippen molar-refractivity contribution >= 4 is 11.8 Å². The van der Waals surface area contributed by atoms with Gasteiger partial charge in [0.2, 0.25) is 6.29 Å². The van der Waals surface area contributed by atoms with Crippen molar-refractivity contribution in [2.24, 2.45) is 0 Å². The van der Waals surface area contributed by atoms with Gasteiger partial charge in [0.1, 0.15) is 0 Å². The summed E-state index contributed by atoms with van der Waals surface area (Å²) in [5, 5.41) is 0. The van der Waals surface area contributed by atoms with Crippen LogP contribution < -0.4 is 0 Å². The van der Waals surface area contributed by atoms with Crippen molar-refractivity contribution in [2.75, 3.05) is 6.61 Å². The molecule has 1 fully saturated rings. The highest BCUT2D eigenvalue weighted by Gasteiger charge is 2.17. The van der Waals surface area contributed by atoms with Gasteiger partial charge in [-0.15, -0.1) is 0 Å². The van der Waals surface area contributed by atoms with E-state index in [1.54, 1.807) is 0 Å². The van der Waals surface area contributed by atoms with E-state index in [1.807, 2.05) is 0 Å². The van der Waals surface area contributed by atoms with Crippen molar-refractivity contribution in [2.45, 2.75) is 44.8 Å². The predicted molar refractivity (Wildman–Crippen MR) is 58.7 cm³/mol. The zero-order chi connectivity index (χ0) is 11.8. The Morgan fingerprint density at radius 3 is 2.81 bits per heavy atom. The Kier molecular flexibility index (Phi) is 5.78. The average molecular weight is 226 g/mol. The smallest absolute Gasteiger partial charge is 0.308 e. The maximum atomic E-state index is 11.3. The summed E-state index contributed by atoms with van der Waals surface area (Å²) >= 11 is 0. The topological polar surface area (TPSA) is 52.6 Å². The maximum Gasteiger partial charge on any atom is 0.308 e. The summed E-state index contributed by atoms with van der Waals surface area (Å²) in [5.74, 6) is -0.328. The van der Waals surface area contributed by atoms with Crippen LogP contribution in [-0.4, -0.2) is 24.6 Å². The van der Waals surface area contributed by atoms with Crippen molar-refractivity contribution in [1.82, 2.24) is 0 Å². The normalized spacial score (nSPS) is 20.1. The van der Waals surface area contributed by atoms with Crippen LogP contribution in [0, 0.1) is 0 Å². The van der Waals surface area contributed by atoms with Crippen molar-refractivity contribution in [1.29, 1.82) is 0 Å². The van der Waals surface area contributed by atoms with Gasteiger partial charge in [0.05, 0.1) is 6.61 Å². The summed E-state index contributed by atoms with van der Waals surface area (Å²) in [6.07, 6.45) is 4.86. The highest BCUT2D eigenvalue weighted by Crippen LogP contribution is 2.14. The van der Waals surface area contributed by atoms with E-state index >= 15 is 0 Å². The van der Waals surface area contributed by atoms with Gasteiger partial charge in [0.15, 0.2) is 5.78 Å². The lowest BCUT2D eigenvalue weighted by molar-refractivity contribution is -0.186. The number of carbonyl (C=O) groups is 2. The molecule has 1 heterocycles. The van der Waals surface area contributed by atoms with Crippen LogP contribution in [0.2, 0.25) is 0 Å². The molecule has 4 nitrogen and oxygen atoms in total. The Morgan fingerprint density at radius 1 is 1.38 bits per heavy atom. The molecule has 0 saturated carbocycles. The molecule has 1 aliphatic heterocycles. The fraction of sp³-hybridized carbons (Fsp3) is 0.667. The van der Waals surface area contributed by atoms with Gasteiger partial charge < -0.3 is 9.47 Å². The molecule has 1 saturated heterocycles. The van der Waals surface area contributed by atoms with Crippen molar-refractivity contribution in [3.8, 4) is 0 Å². The summed E-state index contributed by atoms with van der Waals surface area (Å²) in [7, 11) is 0. The SMILES string of the molecule is C=CC(=O)CCCC(=O)OC1CCCCO1. The van der Waals surface area contributed by atoms with Crippen molar-refractivity contribution in [3.05, 3.63) is 12.7 Å². The molecule has 0 spiro atoms. The number of ether oxygens (including phenoxy) is 2. The third-order valence-corrected chi connectivity index (χ3v) is 2.43. The Labute approximate surface area is 95.6 Å². The van der Waals surface area contributed by atoms with E-state index in [-0.39, 0.29) is 24.5 Å². The lowest BCUT2D eigenvalue weighted by atomic mass is 10.2. The molecule has 4 heteroatoms. The molecule has 0 aromatic heterocycles. The molecule has 0 amide bonds. The van der Waals surface area contributed by atoms with Gasteiger partial charge in [-0.25, -0.2) is 0 Å². The maximum absolute atomic E-state index is 11.3. The summed E-state index contributed by atoms with van der Waals surface area (Å²) in [6, 6.07) is 0. The van der Waals surface area contributed by atoms with Crippen molar-refractivity contribution < 1.29 is 19.1 Å². The summed E-state index contributed by atoms with van der Waals surface area (Å²) in [6.45, 7) is 4.03. The van der Waals surface area contributed by atoms with Gasteiger partial charge in [-0.2, -0.15) is 0 Å². The molecule has 0 aromatic rings. The Hall–Kier alpha value is -1.16. The van der Waals surface area contributed by atoms with Crippen LogP contribution in [0.3, 0.4) is 0 Å². The third kappa shape index (κ3) is 5.07. The van der Waals surface area contributed by atoms with E-state index in [2.05, 4.69) is 6.58 Å². The monoisotopic (exact) mass is 226 g/mol. The van der Waals surface area contributed by atoms with Gasteiger partial charge in [0.25, 0.3) is 0 Å². The van der Waals surface area contributed by atoms with E-state index in [0.717, 1.165) is 19.3 Å². The zero-order valence-electron chi connectivity index (χ0n) is 9.44. The van der Waals surface area contributed by atoms with Crippen LogP contribution in [0.4, 0.5) is 0 Å². The number of allylic oxidation sites excluding steroid dienone is 1. The van der Waals surface area contributed by atoms with Crippen LogP contribution in [0.15, 0.2) is 12.7 Å². The quantitative estimate of drug-likeness (QED) is 0.513. The van der Waals surface area contributed by atoms with Gasteiger partial charge in [0, 0.05) is 19.3 Å². The lowest BCUT2D eigenvalue weighted by Gasteiger charge is -2.22. The molecule has 0 N–H and O–H groups in total. The van der Waals surface area contributed by atoms with E-state index < -0.39 is 0 Å². The first-order valence-electron chi connectivity index (χ1n) is 5.68. The molecule has 0 radical (unpaired) electrons. The van der Waals surface area contributed by atoms with Crippen LogP contribution in [0.5, 0.6) is 0 Å². The third-order valence-electron chi connectivity index (χ3n) is 2.43. The predicted octanol–water partition coefficient (Wildman–Crippen LogP) is 1.98. The van der Waals surface area contributed by atoms with Gasteiger partial charge in [-0.3, -0.25) is 9.59 Å². The molecular formula is C12H18O4. The van der Waals surface area contributed by atoms with Crippen LogP contribution >= 0.6 is 0 Å². The number of hydrogen-bond acceptors (Lipinski definition) is 4. The number of rotatable bonds is 6. The first-order chi connectivity index (χ1) is 7.72. The summed E-state index contributed by atoms with van der Waals surface area (Å²) in [4.78, 5) is 22.2. The minimum atomic E-state index is -0.378. The standard InChI is InChI=1S/C12H18O4/c1-2-10(13)6-5-7-11(14)16-12-8-3-4-9-15-12/h2,12H,1,3-9H2. The minimum absolute atomic E-state index is 0.0401. The molecule has 1 unspecified atom stereocenters. The molecule has 90 valence electrons. The fourth-order valence-electron chi connectivity index (χ4n) is 1.52. The molecule has 1 rings (SSSR count). The number of esters is 1. The molecule has 0 aromatic carbocycles. The highest BCUT2D eigenvalue weighted by molar-refractivity contribution is 5.89. The Bertz CT molecular complexity index is 254. The number of carbonyl (C=O) groups excluding carboxylic acids is 2. The van der Waals surface area contributed by atoms with E-state index in [0.29, 0.717) is 19.4 Å². The van der Waals surface area contributed by atoms with Crippen LogP contribution in [0.25, 0.3) is 0 Å². The number of ketones is 1. The first-order valence-corrected chi connectivity index (χ1v) is 5.68. The Balaban J connectivity index is 2.10. The summed E-state index contributed by atoms with van der Waals surface area (Å²) in [5.41, 5.74) is 0. The highest BCUT2D eigenvalue weighted by atomic mass is 16.7. The molecule has 1 aliphatic rings. The average Bonchev–Trinajstić information content (AvgIpc) is 2.30. The number of hydrogen-bond donors (Lipinski definition) is 0. The van der Waals surface area contributed by atoms with E-state index in [4.69, 9.17) is 9.47 Å². The van der Waals surface area contributed by atoms with Gasteiger partial charge >= 0.3 is 5.97 Å². The first kappa shape index (κ1) is 12.9. The molecule has 0 aliphatic carbocycles. The second-order valence-corrected chi connectivity index (χ2v) is 3.81. The van der Waals surface area contributed by atoms with Crippen molar-refractivity contribution in [3.63, 3.8) is 0 Å². The molecule has 0 bridgehead atoms. The van der Waals surface area contributed by atoms with E-state index in [9.17, 15) is 9.59 Å². The van der Waals surface area contributed by atoms with Crippen LogP contribution in [-0.2, 0) is 19.1 Å². The summed E-state index contributed by atoms with van der Waals surface area (Å²) < 4.78 is 10.4. The van der Waals surface area contributed by atoms with Gasteiger partial charge in [-0.05, 0) is 25.3 Å². The largest absolute Gasteiger partial charge is 0.436 e. The zero-order valence-corrected chi connectivity index (χ0v) is 9.44. The Morgan fingerprint density at radius 2 is 2.19 bits per heavy atom. The fourth-order valence-corrected chi connectivity index (χ4v) is 1.52. The minimum Gasteiger partial charge on any atom is -0.436 e. The second-order valence-electron chi connectivity index (χ2n) is 3.81. The lowest BCUT2D eigenvalue weighted by Crippen LogP contribution is -2.25. The molecular weight excluding hydrogens is 208 g/mol.